The quantitative estimate of drug-likeness (QED) is 0.293. The van der Waals surface area contributed by atoms with Crippen LogP contribution < -0.4 is 10.6 Å². The van der Waals surface area contributed by atoms with Gasteiger partial charge in [0.2, 0.25) is 0 Å². The molecule has 2 aromatic carbocycles. The SMILES string of the molecule is CCCN(C(=N)c1nc(-c2ccccc2)[nH]c1-c1ccc(C=N)c(NC)c1)C(=O)NC. The molecule has 0 aliphatic heterocycles. The summed E-state index contributed by atoms with van der Waals surface area (Å²) in [5.41, 5.74) is 4.26. The third-order valence-corrected chi connectivity index (χ3v) is 4.92. The van der Waals surface area contributed by atoms with E-state index >= 15 is 0 Å². The maximum absolute atomic E-state index is 12.4. The number of hydrogen-bond acceptors (Lipinski definition) is 5. The summed E-state index contributed by atoms with van der Waals surface area (Å²) < 4.78 is 0. The van der Waals surface area contributed by atoms with Gasteiger partial charge in [-0.2, -0.15) is 0 Å². The van der Waals surface area contributed by atoms with Crippen molar-refractivity contribution in [3.05, 3.63) is 59.8 Å². The highest BCUT2D eigenvalue weighted by Gasteiger charge is 2.25. The van der Waals surface area contributed by atoms with E-state index in [-0.39, 0.29) is 11.9 Å². The molecule has 0 spiro atoms. The third kappa shape index (κ3) is 4.48. The van der Waals surface area contributed by atoms with E-state index < -0.39 is 0 Å². The van der Waals surface area contributed by atoms with Crippen molar-refractivity contribution in [3.63, 3.8) is 0 Å². The van der Waals surface area contributed by atoms with E-state index in [2.05, 4.69) is 15.6 Å². The molecular weight excluding hydrogens is 390 g/mol. The van der Waals surface area contributed by atoms with Gasteiger partial charge in [0.25, 0.3) is 0 Å². The highest BCUT2D eigenvalue weighted by molar-refractivity contribution is 6.08. The van der Waals surface area contributed by atoms with Crippen LogP contribution in [-0.2, 0) is 0 Å². The number of imidazole rings is 1. The number of H-pyrrole nitrogens is 1. The monoisotopic (exact) mass is 417 g/mol. The number of urea groups is 1. The number of amidine groups is 1. The summed E-state index contributed by atoms with van der Waals surface area (Å²) in [6.07, 6.45) is 1.99. The molecular formula is C23H27N7O. The van der Waals surface area contributed by atoms with Crippen molar-refractivity contribution in [2.75, 3.05) is 26.0 Å². The van der Waals surface area contributed by atoms with Gasteiger partial charge in [-0.05, 0) is 12.5 Å². The van der Waals surface area contributed by atoms with E-state index in [1.807, 2.05) is 55.5 Å². The Morgan fingerprint density at radius 3 is 2.52 bits per heavy atom. The zero-order chi connectivity index (χ0) is 22.4. The molecule has 5 N–H and O–H groups in total. The number of aromatic amines is 1. The first-order chi connectivity index (χ1) is 15.0. The van der Waals surface area contributed by atoms with Gasteiger partial charge in [-0.3, -0.25) is 10.3 Å². The van der Waals surface area contributed by atoms with Crippen LogP contribution in [0.5, 0.6) is 0 Å². The van der Waals surface area contributed by atoms with Gasteiger partial charge in [0.1, 0.15) is 11.5 Å². The fourth-order valence-electron chi connectivity index (χ4n) is 3.34. The van der Waals surface area contributed by atoms with Crippen LogP contribution in [0.4, 0.5) is 10.5 Å². The Hall–Kier alpha value is -3.94. The van der Waals surface area contributed by atoms with E-state index in [4.69, 9.17) is 15.8 Å². The van der Waals surface area contributed by atoms with E-state index in [1.165, 1.54) is 11.1 Å². The smallest absolute Gasteiger partial charge is 0.322 e. The van der Waals surface area contributed by atoms with Gasteiger partial charge >= 0.3 is 6.03 Å². The zero-order valence-electron chi connectivity index (χ0n) is 17.9. The Balaban J connectivity index is 2.17. The molecule has 0 saturated carbocycles. The van der Waals surface area contributed by atoms with Crippen LogP contribution in [0.15, 0.2) is 48.5 Å². The normalized spacial score (nSPS) is 10.4. The number of nitrogens with zero attached hydrogens (tertiary/aromatic N) is 2. The Morgan fingerprint density at radius 2 is 1.90 bits per heavy atom. The summed E-state index contributed by atoms with van der Waals surface area (Å²) in [4.78, 5) is 21.9. The molecule has 8 nitrogen and oxygen atoms in total. The fraction of sp³-hybridized carbons (Fsp3) is 0.217. The Labute approximate surface area is 181 Å². The maximum Gasteiger partial charge on any atom is 0.322 e. The Morgan fingerprint density at radius 1 is 1.16 bits per heavy atom. The van der Waals surface area contributed by atoms with Gasteiger partial charge in [0, 0.05) is 49.2 Å². The highest BCUT2D eigenvalue weighted by Crippen LogP contribution is 2.30. The minimum absolute atomic E-state index is 0.0248. The first-order valence-electron chi connectivity index (χ1n) is 10.1. The average Bonchev–Trinajstić information content (AvgIpc) is 3.27. The van der Waals surface area contributed by atoms with E-state index in [0.717, 1.165) is 22.4 Å². The number of amides is 2. The van der Waals surface area contributed by atoms with Gasteiger partial charge in [-0.1, -0.05) is 49.4 Å². The molecule has 31 heavy (non-hydrogen) atoms. The van der Waals surface area contributed by atoms with Crippen molar-refractivity contribution >= 4 is 23.8 Å². The lowest BCUT2D eigenvalue weighted by Crippen LogP contribution is -2.43. The molecule has 8 heteroatoms. The molecule has 3 aromatic rings. The lowest BCUT2D eigenvalue weighted by atomic mass is 10.0. The average molecular weight is 418 g/mol. The molecule has 0 saturated heterocycles. The second-order valence-corrected chi connectivity index (χ2v) is 6.93. The largest absolute Gasteiger partial charge is 0.388 e. The number of aromatic nitrogens is 2. The van der Waals surface area contributed by atoms with E-state index in [0.29, 0.717) is 30.2 Å². The molecule has 0 fully saturated rings. The second kappa shape index (κ2) is 9.71. The van der Waals surface area contributed by atoms with Gasteiger partial charge < -0.3 is 21.0 Å². The van der Waals surface area contributed by atoms with Crippen molar-refractivity contribution in [2.45, 2.75) is 13.3 Å². The molecule has 0 atom stereocenters. The van der Waals surface area contributed by atoms with Crippen LogP contribution in [0.2, 0.25) is 0 Å². The topological polar surface area (TPSA) is 121 Å². The molecule has 1 aromatic heterocycles. The molecule has 3 rings (SSSR count). The van der Waals surface area contributed by atoms with Crippen LogP contribution in [0, 0.1) is 10.8 Å². The number of benzene rings is 2. The maximum atomic E-state index is 12.4. The summed E-state index contributed by atoms with van der Waals surface area (Å²) in [5, 5.41) is 22.1. The molecule has 0 aliphatic rings. The van der Waals surface area contributed by atoms with Crippen LogP contribution in [0.25, 0.3) is 22.6 Å². The van der Waals surface area contributed by atoms with Crippen LogP contribution in [0.3, 0.4) is 0 Å². The predicted octanol–water partition coefficient (Wildman–Crippen LogP) is 4.16. The number of anilines is 1. The summed E-state index contributed by atoms with van der Waals surface area (Å²) in [6.45, 7) is 2.36. The van der Waals surface area contributed by atoms with Crippen molar-refractivity contribution in [2.24, 2.45) is 0 Å². The van der Waals surface area contributed by atoms with Crippen molar-refractivity contribution in [1.82, 2.24) is 20.2 Å². The fourth-order valence-corrected chi connectivity index (χ4v) is 3.34. The third-order valence-electron chi connectivity index (χ3n) is 4.92. The number of nitrogens with one attached hydrogen (secondary N) is 5. The van der Waals surface area contributed by atoms with E-state index in [1.54, 1.807) is 14.1 Å². The lowest BCUT2D eigenvalue weighted by Gasteiger charge is -2.21. The first kappa shape index (κ1) is 21.8. The number of carbonyl (C=O) groups excluding carboxylic acids is 1. The highest BCUT2D eigenvalue weighted by atomic mass is 16.2. The molecule has 0 unspecified atom stereocenters. The van der Waals surface area contributed by atoms with Gasteiger partial charge in [0.05, 0.1) is 5.69 Å². The van der Waals surface area contributed by atoms with Crippen molar-refractivity contribution in [3.8, 4) is 22.6 Å². The Kier molecular flexibility index (Phi) is 6.81. The number of hydrogen-bond donors (Lipinski definition) is 5. The van der Waals surface area contributed by atoms with Crippen LogP contribution >= 0.6 is 0 Å². The van der Waals surface area contributed by atoms with Crippen LogP contribution in [0.1, 0.15) is 24.6 Å². The minimum atomic E-state index is -0.350. The molecule has 0 bridgehead atoms. The zero-order valence-corrected chi connectivity index (χ0v) is 17.9. The van der Waals surface area contributed by atoms with Gasteiger partial charge in [-0.15, -0.1) is 0 Å². The molecule has 160 valence electrons. The van der Waals surface area contributed by atoms with Gasteiger partial charge in [-0.25, -0.2) is 9.78 Å². The lowest BCUT2D eigenvalue weighted by molar-refractivity contribution is 0.222. The first-order valence-corrected chi connectivity index (χ1v) is 10.1. The molecule has 0 aliphatic carbocycles. The molecule has 2 amide bonds. The molecule has 1 heterocycles. The minimum Gasteiger partial charge on any atom is -0.388 e. The summed E-state index contributed by atoms with van der Waals surface area (Å²) in [6, 6.07) is 14.9. The van der Waals surface area contributed by atoms with Crippen molar-refractivity contribution < 1.29 is 4.79 Å². The summed E-state index contributed by atoms with van der Waals surface area (Å²) in [5.74, 6) is 0.641. The number of carbonyl (C=O) groups is 1. The second-order valence-electron chi connectivity index (χ2n) is 6.93. The summed E-state index contributed by atoms with van der Waals surface area (Å²) >= 11 is 0. The molecule has 0 radical (unpaired) electrons. The standard InChI is InChI=1S/C23H27N7O/c1-4-12-30(23(31)27-3)21(25)20-19(16-10-11-17(14-24)18(13-16)26-2)28-22(29-20)15-8-6-5-7-9-15/h5-11,13-14,24-26H,4,12H2,1-3H3,(H,27,31)(H,28,29). The van der Waals surface area contributed by atoms with Gasteiger partial charge in [0.15, 0.2) is 5.84 Å². The van der Waals surface area contributed by atoms with Crippen LogP contribution in [-0.4, -0.2) is 53.6 Å². The predicted molar refractivity (Wildman–Crippen MR) is 125 cm³/mol. The Bertz CT molecular complexity index is 1090. The summed E-state index contributed by atoms with van der Waals surface area (Å²) in [7, 11) is 3.35. The number of rotatable bonds is 7. The van der Waals surface area contributed by atoms with Crippen molar-refractivity contribution in [1.29, 1.82) is 10.8 Å². The van der Waals surface area contributed by atoms with E-state index in [9.17, 15) is 4.79 Å².